The zero-order valence-corrected chi connectivity index (χ0v) is 13.7. The monoisotopic (exact) mass is 345 g/mol. The van der Waals surface area contributed by atoms with Crippen molar-refractivity contribution in [1.82, 2.24) is 9.59 Å². The molecule has 3 aromatic rings. The van der Waals surface area contributed by atoms with Gasteiger partial charge >= 0.3 is 0 Å². The van der Waals surface area contributed by atoms with Crippen molar-refractivity contribution in [1.29, 1.82) is 0 Å². The third-order valence-electron chi connectivity index (χ3n) is 3.16. The maximum absolute atomic E-state index is 12.4. The topological polar surface area (TPSA) is 64.1 Å². The number of amides is 1. The van der Waals surface area contributed by atoms with Crippen molar-refractivity contribution in [3.63, 3.8) is 0 Å². The maximum atomic E-state index is 12.4. The summed E-state index contributed by atoms with van der Waals surface area (Å²) in [6, 6.07) is 14.2. The molecule has 0 bridgehead atoms. The number of carbonyl (C=O) groups excluding carboxylic acids is 1. The van der Waals surface area contributed by atoms with Crippen LogP contribution >= 0.6 is 23.1 Å². The Morgan fingerprint density at radius 3 is 2.48 bits per heavy atom. The number of hydrogen-bond acceptors (Lipinski definition) is 5. The Morgan fingerprint density at radius 1 is 1.13 bits per heavy atom. The van der Waals surface area contributed by atoms with Crippen LogP contribution in [-0.2, 0) is 0 Å². The smallest absolute Gasteiger partial charge is 0.269 e. The number of halogens is 1. The van der Waals surface area contributed by atoms with Crippen molar-refractivity contribution >= 4 is 34.7 Å². The van der Waals surface area contributed by atoms with Crippen molar-refractivity contribution in [2.24, 2.45) is 0 Å². The lowest BCUT2D eigenvalue weighted by Crippen LogP contribution is -2.11. The van der Waals surface area contributed by atoms with E-state index in [9.17, 15) is 4.79 Å². The number of aromatic nitrogens is 2. The minimum absolute atomic E-state index is 0.256. The van der Waals surface area contributed by atoms with Crippen LogP contribution in [0.15, 0.2) is 48.5 Å². The van der Waals surface area contributed by atoms with Crippen LogP contribution < -0.4 is 10.1 Å². The number of carbonyl (C=O) groups is 1. The molecule has 3 rings (SSSR count). The van der Waals surface area contributed by atoms with Gasteiger partial charge < -0.3 is 10.1 Å². The number of hydrogen-bond donors (Lipinski definition) is 1. The summed E-state index contributed by atoms with van der Waals surface area (Å²) in [5, 5.41) is 7.49. The van der Waals surface area contributed by atoms with Gasteiger partial charge in [0.25, 0.3) is 5.91 Å². The molecule has 2 aromatic carbocycles. The summed E-state index contributed by atoms with van der Waals surface area (Å²) in [6.07, 6.45) is 0. The largest absolute Gasteiger partial charge is 0.497 e. The van der Waals surface area contributed by atoms with Crippen LogP contribution in [0, 0.1) is 0 Å². The summed E-state index contributed by atoms with van der Waals surface area (Å²) >= 11 is 6.89. The predicted molar refractivity (Wildman–Crippen MR) is 91.3 cm³/mol. The summed E-state index contributed by atoms with van der Waals surface area (Å²) < 4.78 is 9.03. The molecule has 7 heteroatoms. The van der Waals surface area contributed by atoms with E-state index in [2.05, 4.69) is 14.9 Å². The van der Waals surface area contributed by atoms with Crippen LogP contribution in [0.5, 0.6) is 5.75 Å². The van der Waals surface area contributed by atoms with Crippen molar-refractivity contribution in [2.45, 2.75) is 0 Å². The highest BCUT2D eigenvalue weighted by Crippen LogP contribution is 2.26. The molecule has 1 N–H and O–H groups in total. The van der Waals surface area contributed by atoms with Gasteiger partial charge in [0.2, 0.25) is 0 Å². The minimum Gasteiger partial charge on any atom is -0.497 e. The van der Waals surface area contributed by atoms with E-state index in [-0.39, 0.29) is 5.91 Å². The molecule has 0 aliphatic carbocycles. The Balaban J connectivity index is 1.84. The Kier molecular flexibility index (Phi) is 4.55. The van der Waals surface area contributed by atoms with Gasteiger partial charge in [-0.15, -0.1) is 5.10 Å². The van der Waals surface area contributed by atoms with E-state index in [1.807, 2.05) is 24.3 Å². The predicted octanol–water partition coefficient (Wildman–Crippen LogP) is 4.12. The normalized spacial score (nSPS) is 10.3. The molecule has 116 valence electrons. The first-order chi connectivity index (χ1) is 11.2. The zero-order valence-electron chi connectivity index (χ0n) is 12.1. The fourth-order valence-electron chi connectivity index (χ4n) is 2.00. The molecule has 0 fully saturated rings. The van der Waals surface area contributed by atoms with E-state index in [0.717, 1.165) is 22.8 Å². The van der Waals surface area contributed by atoms with Gasteiger partial charge in [0.1, 0.15) is 16.3 Å². The quantitative estimate of drug-likeness (QED) is 0.772. The number of ether oxygens (including phenoxy) is 1. The molecule has 0 atom stereocenters. The zero-order chi connectivity index (χ0) is 16.2. The summed E-state index contributed by atoms with van der Waals surface area (Å²) in [5.41, 5.74) is 2.01. The van der Waals surface area contributed by atoms with Crippen molar-refractivity contribution in [3.8, 4) is 17.0 Å². The van der Waals surface area contributed by atoms with Gasteiger partial charge in [0, 0.05) is 16.3 Å². The standard InChI is InChI=1S/C16H12ClN3O2S/c1-22-13-8-2-10(3-9-13)14-15(23-20-19-14)16(21)18-12-6-4-11(17)5-7-12/h2-9H,1H3,(H,18,21). The van der Waals surface area contributed by atoms with Crippen molar-refractivity contribution in [3.05, 3.63) is 58.4 Å². The Morgan fingerprint density at radius 2 is 1.83 bits per heavy atom. The van der Waals surface area contributed by atoms with Gasteiger partial charge in [-0.1, -0.05) is 16.1 Å². The average molecular weight is 346 g/mol. The van der Waals surface area contributed by atoms with E-state index < -0.39 is 0 Å². The molecule has 5 nitrogen and oxygen atoms in total. The van der Waals surface area contributed by atoms with E-state index in [4.69, 9.17) is 16.3 Å². The lowest BCUT2D eigenvalue weighted by molar-refractivity contribution is 0.103. The van der Waals surface area contributed by atoms with E-state index >= 15 is 0 Å². The fourth-order valence-corrected chi connectivity index (χ4v) is 2.71. The van der Waals surface area contributed by atoms with Crippen LogP contribution in [0.4, 0.5) is 5.69 Å². The van der Waals surface area contributed by atoms with Crippen LogP contribution in [0.1, 0.15) is 9.67 Å². The summed E-state index contributed by atoms with van der Waals surface area (Å²) in [5.74, 6) is 0.484. The Labute approximate surface area is 142 Å². The van der Waals surface area contributed by atoms with Gasteiger partial charge in [0.15, 0.2) is 0 Å². The van der Waals surface area contributed by atoms with Crippen LogP contribution in [0.2, 0.25) is 5.02 Å². The summed E-state index contributed by atoms with van der Waals surface area (Å²) in [4.78, 5) is 12.9. The van der Waals surface area contributed by atoms with Gasteiger partial charge in [-0.3, -0.25) is 4.79 Å². The number of anilines is 1. The number of nitrogens with zero attached hydrogens (tertiary/aromatic N) is 2. The number of benzene rings is 2. The molecule has 0 spiro atoms. The van der Waals surface area contributed by atoms with E-state index in [0.29, 0.717) is 21.3 Å². The van der Waals surface area contributed by atoms with Crippen molar-refractivity contribution < 1.29 is 9.53 Å². The summed E-state index contributed by atoms with van der Waals surface area (Å²) in [7, 11) is 1.60. The molecular weight excluding hydrogens is 334 g/mol. The van der Waals surface area contributed by atoms with Gasteiger partial charge in [0.05, 0.1) is 7.11 Å². The Bertz CT molecular complexity index is 816. The molecule has 23 heavy (non-hydrogen) atoms. The minimum atomic E-state index is -0.256. The molecule has 0 radical (unpaired) electrons. The first-order valence-electron chi connectivity index (χ1n) is 6.71. The second kappa shape index (κ2) is 6.76. The third-order valence-corrected chi connectivity index (χ3v) is 4.14. The maximum Gasteiger partial charge on any atom is 0.269 e. The molecule has 1 heterocycles. The average Bonchev–Trinajstić information content (AvgIpc) is 3.07. The highest BCUT2D eigenvalue weighted by atomic mass is 35.5. The van der Waals surface area contributed by atoms with Crippen LogP contribution in [0.25, 0.3) is 11.3 Å². The molecule has 0 saturated carbocycles. The lowest BCUT2D eigenvalue weighted by Gasteiger charge is -2.05. The van der Waals surface area contributed by atoms with E-state index in [1.54, 1.807) is 31.4 Å². The van der Waals surface area contributed by atoms with Crippen molar-refractivity contribution in [2.75, 3.05) is 12.4 Å². The van der Waals surface area contributed by atoms with E-state index in [1.165, 1.54) is 0 Å². The third kappa shape index (κ3) is 3.49. The van der Waals surface area contributed by atoms with Gasteiger partial charge in [-0.05, 0) is 60.1 Å². The van der Waals surface area contributed by atoms with Gasteiger partial charge in [-0.25, -0.2) is 0 Å². The van der Waals surface area contributed by atoms with Crippen LogP contribution in [0.3, 0.4) is 0 Å². The molecule has 1 aromatic heterocycles. The molecule has 0 aliphatic heterocycles. The van der Waals surface area contributed by atoms with Gasteiger partial charge in [-0.2, -0.15) is 0 Å². The fraction of sp³-hybridized carbons (Fsp3) is 0.0625. The van der Waals surface area contributed by atoms with Crippen LogP contribution in [-0.4, -0.2) is 22.6 Å². The number of nitrogens with one attached hydrogen (secondary N) is 1. The molecule has 0 saturated heterocycles. The first-order valence-corrected chi connectivity index (χ1v) is 7.86. The molecular formula is C16H12ClN3O2S. The number of methoxy groups -OCH3 is 1. The highest BCUT2D eigenvalue weighted by molar-refractivity contribution is 7.08. The SMILES string of the molecule is COc1ccc(-c2nnsc2C(=O)Nc2ccc(Cl)cc2)cc1. The second-order valence-electron chi connectivity index (χ2n) is 4.64. The summed E-state index contributed by atoms with van der Waals surface area (Å²) in [6.45, 7) is 0. The Hall–Kier alpha value is -2.44. The number of rotatable bonds is 4. The second-order valence-corrected chi connectivity index (χ2v) is 5.83. The lowest BCUT2D eigenvalue weighted by atomic mass is 10.1. The molecule has 0 unspecified atom stereocenters. The highest BCUT2D eigenvalue weighted by Gasteiger charge is 2.18. The molecule has 0 aliphatic rings. The first kappa shape index (κ1) is 15.5. The molecule has 1 amide bonds.